The Labute approximate surface area is 116 Å². The average molecular weight is 254 g/mol. The second-order valence-corrected chi connectivity index (χ2v) is 6.05. The molecule has 0 saturated heterocycles. The van der Waals surface area contributed by atoms with Crippen molar-refractivity contribution in [2.75, 3.05) is 6.61 Å². The number of hydrogen-bond acceptors (Lipinski definition) is 1. The van der Waals surface area contributed by atoms with Gasteiger partial charge in [0.1, 0.15) is 5.75 Å². The molecule has 1 heteroatoms. The lowest BCUT2D eigenvalue weighted by Crippen LogP contribution is -2.11. The normalized spacial score (nSPS) is 11.3. The maximum atomic E-state index is 5.84. The minimum atomic E-state index is 0.317. The summed E-state index contributed by atoms with van der Waals surface area (Å²) in [4.78, 5) is 0. The Bertz CT molecular complexity index is 509. The maximum Gasteiger partial charge on any atom is 0.119 e. The number of ether oxygens (including phenoxy) is 1. The van der Waals surface area contributed by atoms with Crippen LogP contribution in [-0.4, -0.2) is 6.61 Å². The highest BCUT2D eigenvalue weighted by Gasteiger charge is 2.10. The van der Waals surface area contributed by atoms with E-state index in [1.165, 1.54) is 11.1 Å². The van der Waals surface area contributed by atoms with Gasteiger partial charge in [0, 0.05) is 0 Å². The van der Waals surface area contributed by atoms with E-state index in [4.69, 9.17) is 4.74 Å². The van der Waals surface area contributed by atoms with Crippen molar-refractivity contribution in [3.8, 4) is 16.9 Å². The molecule has 0 saturated carbocycles. The lowest BCUT2D eigenvalue weighted by molar-refractivity contribution is 0.243. The van der Waals surface area contributed by atoms with Crippen LogP contribution in [0.5, 0.6) is 5.75 Å². The number of benzene rings is 2. The molecule has 0 amide bonds. The molecule has 2 aromatic rings. The summed E-state index contributed by atoms with van der Waals surface area (Å²) < 4.78 is 5.84. The van der Waals surface area contributed by atoms with Crippen LogP contribution >= 0.6 is 0 Å². The zero-order chi connectivity index (χ0) is 13.7. The lowest BCUT2D eigenvalue weighted by Gasteiger charge is -2.18. The molecule has 1 nitrogen and oxygen atoms in total. The summed E-state index contributed by atoms with van der Waals surface area (Å²) in [6, 6.07) is 18.7. The third-order valence-electron chi connectivity index (χ3n) is 3.06. The van der Waals surface area contributed by atoms with E-state index in [0.29, 0.717) is 5.41 Å². The van der Waals surface area contributed by atoms with Gasteiger partial charge in [-0.05, 0) is 35.1 Å². The molecule has 0 spiro atoms. The molecular weight excluding hydrogens is 232 g/mol. The van der Waals surface area contributed by atoms with Gasteiger partial charge in [0.25, 0.3) is 0 Å². The van der Waals surface area contributed by atoms with E-state index in [2.05, 4.69) is 63.2 Å². The predicted molar refractivity (Wildman–Crippen MR) is 81.4 cm³/mol. The summed E-state index contributed by atoms with van der Waals surface area (Å²) >= 11 is 0. The first-order valence-corrected chi connectivity index (χ1v) is 6.83. The smallest absolute Gasteiger partial charge is 0.119 e. The highest BCUT2D eigenvalue weighted by atomic mass is 16.5. The fourth-order valence-electron chi connectivity index (χ4n) is 1.87. The van der Waals surface area contributed by atoms with E-state index >= 15 is 0 Å². The molecule has 0 radical (unpaired) electrons. The van der Waals surface area contributed by atoms with Crippen molar-refractivity contribution in [3.63, 3.8) is 0 Å². The Morgan fingerprint density at radius 2 is 1.53 bits per heavy atom. The topological polar surface area (TPSA) is 9.23 Å². The summed E-state index contributed by atoms with van der Waals surface area (Å²) in [6.45, 7) is 7.46. The highest BCUT2D eigenvalue weighted by Crippen LogP contribution is 2.24. The largest absolute Gasteiger partial charge is 0.494 e. The molecule has 0 aromatic heterocycles. The summed E-state index contributed by atoms with van der Waals surface area (Å²) in [6.07, 6.45) is 1.06. The average Bonchev–Trinajstić information content (AvgIpc) is 2.39. The van der Waals surface area contributed by atoms with E-state index in [-0.39, 0.29) is 0 Å². The van der Waals surface area contributed by atoms with Crippen LogP contribution in [-0.2, 0) is 0 Å². The van der Waals surface area contributed by atoms with Crippen molar-refractivity contribution in [1.29, 1.82) is 0 Å². The third kappa shape index (κ3) is 4.44. The van der Waals surface area contributed by atoms with Gasteiger partial charge in [-0.1, -0.05) is 63.2 Å². The van der Waals surface area contributed by atoms with Gasteiger partial charge in [-0.2, -0.15) is 0 Å². The van der Waals surface area contributed by atoms with Crippen molar-refractivity contribution in [1.82, 2.24) is 0 Å². The zero-order valence-corrected chi connectivity index (χ0v) is 12.0. The Morgan fingerprint density at radius 1 is 0.842 bits per heavy atom. The molecule has 2 rings (SSSR count). The van der Waals surface area contributed by atoms with Crippen molar-refractivity contribution >= 4 is 0 Å². The fourth-order valence-corrected chi connectivity index (χ4v) is 1.87. The molecule has 2 aromatic carbocycles. The summed E-state index contributed by atoms with van der Waals surface area (Å²) in [5.74, 6) is 0.950. The maximum absolute atomic E-state index is 5.84. The minimum absolute atomic E-state index is 0.317. The molecule has 0 unspecified atom stereocenters. The summed E-state index contributed by atoms with van der Waals surface area (Å²) in [5, 5.41) is 0. The van der Waals surface area contributed by atoms with Gasteiger partial charge >= 0.3 is 0 Å². The number of hydrogen-bond donors (Lipinski definition) is 0. The molecule has 0 aliphatic rings. The quantitative estimate of drug-likeness (QED) is 0.731. The molecule has 0 N–H and O–H groups in total. The van der Waals surface area contributed by atoms with Crippen LogP contribution < -0.4 is 4.74 Å². The molecule has 0 aliphatic heterocycles. The Kier molecular flexibility index (Phi) is 4.26. The SMILES string of the molecule is CC(C)(C)CCOc1cccc(-c2ccccc2)c1. The van der Waals surface area contributed by atoms with Gasteiger partial charge in [0.2, 0.25) is 0 Å². The van der Waals surface area contributed by atoms with Crippen LogP contribution in [0, 0.1) is 5.41 Å². The first-order chi connectivity index (χ1) is 9.04. The van der Waals surface area contributed by atoms with E-state index in [9.17, 15) is 0 Å². The molecule has 0 fully saturated rings. The van der Waals surface area contributed by atoms with Crippen molar-refractivity contribution in [2.24, 2.45) is 5.41 Å². The second kappa shape index (κ2) is 5.92. The predicted octanol–water partition coefficient (Wildman–Crippen LogP) is 5.17. The van der Waals surface area contributed by atoms with Gasteiger partial charge in [-0.25, -0.2) is 0 Å². The monoisotopic (exact) mass is 254 g/mol. The van der Waals surface area contributed by atoms with E-state index < -0.39 is 0 Å². The molecule has 19 heavy (non-hydrogen) atoms. The van der Waals surface area contributed by atoms with Gasteiger partial charge < -0.3 is 4.74 Å². The van der Waals surface area contributed by atoms with Crippen LogP contribution in [0.25, 0.3) is 11.1 Å². The molecule has 100 valence electrons. The van der Waals surface area contributed by atoms with Crippen LogP contribution in [0.1, 0.15) is 27.2 Å². The van der Waals surface area contributed by atoms with Crippen LogP contribution in [0.2, 0.25) is 0 Å². The minimum Gasteiger partial charge on any atom is -0.494 e. The molecule has 0 heterocycles. The van der Waals surface area contributed by atoms with Crippen molar-refractivity contribution < 1.29 is 4.74 Å². The zero-order valence-electron chi connectivity index (χ0n) is 12.0. The van der Waals surface area contributed by atoms with Crippen LogP contribution in [0.4, 0.5) is 0 Å². The standard InChI is InChI=1S/C18H22O/c1-18(2,3)12-13-19-17-11-7-10-16(14-17)15-8-5-4-6-9-15/h4-11,14H,12-13H2,1-3H3. The Morgan fingerprint density at radius 3 is 2.21 bits per heavy atom. The Hall–Kier alpha value is -1.76. The fraction of sp³-hybridized carbons (Fsp3) is 0.333. The summed E-state index contributed by atoms with van der Waals surface area (Å²) in [7, 11) is 0. The van der Waals surface area contributed by atoms with Gasteiger partial charge in [-0.3, -0.25) is 0 Å². The van der Waals surface area contributed by atoms with E-state index in [1.54, 1.807) is 0 Å². The Balaban J connectivity index is 2.04. The third-order valence-corrected chi connectivity index (χ3v) is 3.06. The highest BCUT2D eigenvalue weighted by molar-refractivity contribution is 5.64. The molecular formula is C18H22O. The van der Waals surface area contributed by atoms with Gasteiger partial charge in [0.15, 0.2) is 0 Å². The van der Waals surface area contributed by atoms with E-state index in [1.807, 2.05) is 12.1 Å². The first kappa shape index (κ1) is 13.7. The summed E-state index contributed by atoms with van der Waals surface area (Å²) in [5.41, 5.74) is 2.74. The van der Waals surface area contributed by atoms with Gasteiger partial charge in [0.05, 0.1) is 6.61 Å². The van der Waals surface area contributed by atoms with Crippen molar-refractivity contribution in [3.05, 3.63) is 54.6 Å². The lowest BCUT2D eigenvalue weighted by atomic mass is 9.93. The van der Waals surface area contributed by atoms with E-state index in [0.717, 1.165) is 18.8 Å². The van der Waals surface area contributed by atoms with Crippen LogP contribution in [0.3, 0.4) is 0 Å². The second-order valence-electron chi connectivity index (χ2n) is 6.05. The molecule has 0 atom stereocenters. The molecule has 0 bridgehead atoms. The number of rotatable bonds is 4. The first-order valence-electron chi connectivity index (χ1n) is 6.83. The van der Waals surface area contributed by atoms with Gasteiger partial charge in [-0.15, -0.1) is 0 Å². The van der Waals surface area contributed by atoms with Crippen molar-refractivity contribution in [2.45, 2.75) is 27.2 Å². The molecule has 0 aliphatic carbocycles. The van der Waals surface area contributed by atoms with Crippen LogP contribution in [0.15, 0.2) is 54.6 Å².